The van der Waals surface area contributed by atoms with Crippen molar-refractivity contribution in [3.8, 4) is 0 Å². The van der Waals surface area contributed by atoms with Gasteiger partial charge < -0.3 is 0 Å². The normalized spacial score (nSPS) is 10.9. The van der Waals surface area contributed by atoms with Gasteiger partial charge in [-0.2, -0.15) is 5.12 Å². The van der Waals surface area contributed by atoms with Gasteiger partial charge >= 0.3 is 0 Å². The molecule has 84 valence electrons. The average Bonchev–Trinajstić information content (AvgIpc) is 2.28. The molecule has 0 aliphatic heterocycles. The third-order valence-electron chi connectivity index (χ3n) is 2.11. The maximum absolute atomic E-state index is 3.36. The molecule has 0 saturated heterocycles. The van der Waals surface area contributed by atoms with Crippen LogP contribution in [0.4, 0.5) is 0 Å². The van der Waals surface area contributed by atoms with E-state index in [0.29, 0.717) is 0 Å². The average molecular weight is 207 g/mol. The molecule has 0 heterocycles. The van der Waals surface area contributed by atoms with Gasteiger partial charge in [-0.3, -0.25) is 0 Å². The minimum atomic E-state index is 0.869. The van der Waals surface area contributed by atoms with Gasteiger partial charge in [-0.25, -0.2) is 10.9 Å². The van der Waals surface area contributed by atoms with Crippen LogP contribution in [0.25, 0.3) is 0 Å². The molecule has 0 aromatic heterocycles. The van der Waals surface area contributed by atoms with E-state index in [1.165, 1.54) is 5.56 Å². The highest BCUT2D eigenvalue weighted by atomic mass is 15.7. The monoisotopic (exact) mass is 207 g/mol. The van der Waals surface area contributed by atoms with Gasteiger partial charge in [0.1, 0.15) is 0 Å². The lowest BCUT2D eigenvalue weighted by molar-refractivity contribution is 0.113. The summed E-state index contributed by atoms with van der Waals surface area (Å²) in [6, 6.07) is 10.4. The van der Waals surface area contributed by atoms with Crippen LogP contribution in [0.2, 0.25) is 0 Å². The molecule has 0 unspecified atom stereocenters. The minimum absolute atomic E-state index is 0.869. The van der Waals surface area contributed by atoms with E-state index in [4.69, 9.17) is 0 Å². The molecule has 3 heteroatoms. The Kier molecular flexibility index (Phi) is 6.00. The smallest absolute Gasteiger partial charge is 0.0366 e. The Hall–Kier alpha value is -0.900. The van der Waals surface area contributed by atoms with Crippen LogP contribution in [-0.4, -0.2) is 18.2 Å². The second kappa shape index (κ2) is 7.40. The van der Waals surface area contributed by atoms with Crippen molar-refractivity contribution in [3.05, 3.63) is 35.9 Å². The summed E-state index contributed by atoms with van der Waals surface area (Å²) in [5.41, 5.74) is 7.94. The fourth-order valence-corrected chi connectivity index (χ4v) is 1.41. The van der Waals surface area contributed by atoms with Crippen LogP contribution in [0.1, 0.15) is 25.8 Å². The van der Waals surface area contributed by atoms with Gasteiger partial charge in [-0.1, -0.05) is 44.2 Å². The minimum Gasteiger partial charge on any atom is -0.242 e. The van der Waals surface area contributed by atoms with Crippen molar-refractivity contribution in [1.29, 1.82) is 0 Å². The predicted octanol–water partition coefficient (Wildman–Crippen LogP) is 1.93. The largest absolute Gasteiger partial charge is 0.242 e. The quantitative estimate of drug-likeness (QED) is 0.669. The summed E-state index contributed by atoms with van der Waals surface area (Å²) in [6.07, 6.45) is 1.13. The van der Waals surface area contributed by atoms with E-state index < -0.39 is 0 Å². The van der Waals surface area contributed by atoms with Gasteiger partial charge in [-0.05, 0) is 12.0 Å². The molecular formula is C12H21N3. The molecule has 3 nitrogen and oxygen atoms in total. The Morgan fingerprint density at radius 2 is 1.80 bits per heavy atom. The number of hydrazine groups is 2. The van der Waals surface area contributed by atoms with Crippen molar-refractivity contribution in [2.45, 2.75) is 26.8 Å². The van der Waals surface area contributed by atoms with Crippen molar-refractivity contribution in [1.82, 2.24) is 16.0 Å². The molecule has 0 aliphatic carbocycles. The van der Waals surface area contributed by atoms with Gasteiger partial charge in [0.15, 0.2) is 0 Å². The van der Waals surface area contributed by atoms with E-state index in [1.807, 2.05) is 6.07 Å². The van der Waals surface area contributed by atoms with Crippen LogP contribution in [0.5, 0.6) is 0 Å². The van der Waals surface area contributed by atoms with Crippen LogP contribution in [0.15, 0.2) is 30.3 Å². The summed E-state index contributed by atoms with van der Waals surface area (Å²) in [7, 11) is 0. The van der Waals surface area contributed by atoms with Crippen LogP contribution < -0.4 is 10.9 Å². The van der Waals surface area contributed by atoms with Gasteiger partial charge in [-0.15, -0.1) is 0 Å². The Labute approximate surface area is 92.4 Å². The first-order chi connectivity index (χ1) is 7.36. The summed E-state index contributed by atoms with van der Waals surface area (Å²) in [5, 5.41) is 2.06. The first kappa shape index (κ1) is 12.2. The molecule has 1 rings (SSSR count). The number of rotatable bonds is 7. The van der Waals surface area contributed by atoms with E-state index >= 15 is 0 Å². The fourth-order valence-electron chi connectivity index (χ4n) is 1.41. The molecule has 0 atom stereocenters. The lowest BCUT2D eigenvalue weighted by Crippen LogP contribution is -2.47. The molecule has 0 saturated carbocycles. The second-order valence-corrected chi connectivity index (χ2v) is 3.48. The maximum Gasteiger partial charge on any atom is 0.0366 e. The van der Waals surface area contributed by atoms with E-state index in [9.17, 15) is 0 Å². The molecule has 1 aromatic carbocycles. The molecule has 15 heavy (non-hydrogen) atoms. The SMILES string of the molecule is CCCN(NCC)NCc1ccccc1. The van der Waals surface area contributed by atoms with Gasteiger partial charge in [0.05, 0.1) is 0 Å². The first-order valence-corrected chi connectivity index (χ1v) is 5.65. The van der Waals surface area contributed by atoms with Crippen molar-refractivity contribution in [3.63, 3.8) is 0 Å². The van der Waals surface area contributed by atoms with Crippen molar-refractivity contribution >= 4 is 0 Å². The lowest BCUT2D eigenvalue weighted by atomic mass is 10.2. The van der Waals surface area contributed by atoms with Crippen molar-refractivity contribution in [2.24, 2.45) is 0 Å². The summed E-state index contributed by atoms with van der Waals surface area (Å²) in [5.74, 6) is 0. The zero-order valence-electron chi connectivity index (χ0n) is 9.66. The fraction of sp³-hybridized carbons (Fsp3) is 0.500. The number of benzene rings is 1. The zero-order chi connectivity index (χ0) is 10.9. The standard InChI is InChI=1S/C12H21N3/c1-3-10-15(13-4-2)14-11-12-8-6-5-7-9-12/h5-9,13-14H,3-4,10-11H2,1-2H3. The molecule has 0 amide bonds. The summed E-state index contributed by atoms with van der Waals surface area (Å²) < 4.78 is 0. The van der Waals surface area contributed by atoms with E-state index in [-0.39, 0.29) is 0 Å². The predicted molar refractivity (Wildman–Crippen MR) is 64.0 cm³/mol. The summed E-state index contributed by atoms with van der Waals surface area (Å²) in [4.78, 5) is 0. The van der Waals surface area contributed by atoms with Gasteiger partial charge in [0.2, 0.25) is 0 Å². The summed E-state index contributed by atoms with van der Waals surface area (Å²) >= 11 is 0. The second-order valence-electron chi connectivity index (χ2n) is 3.48. The van der Waals surface area contributed by atoms with E-state index in [2.05, 4.69) is 54.1 Å². The van der Waals surface area contributed by atoms with Crippen LogP contribution in [0, 0.1) is 0 Å². The highest BCUT2D eigenvalue weighted by molar-refractivity contribution is 5.13. The molecule has 1 aromatic rings. The van der Waals surface area contributed by atoms with Crippen LogP contribution in [0.3, 0.4) is 0 Å². The Morgan fingerprint density at radius 1 is 1.07 bits per heavy atom. The van der Waals surface area contributed by atoms with Crippen molar-refractivity contribution < 1.29 is 0 Å². The van der Waals surface area contributed by atoms with Crippen LogP contribution >= 0.6 is 0 Å². The maximum atomic E-state index is 3.36. The number of nitrogens with zero attached hydrogens (tertiary/aromatic N) is 1. The molecule has 0 spiro atoms. The van der Waals surface area contributed by atoms with Gasteiger partial charge in [0.25, 0.3) is 0 Å². The Balaban J connectivity index is 2.33. The highest BCUT2D eigenvalue weighted by Crippen LogP contribution is 1.97. The molecule has 0 radical (unpaired) electrons. The Bertz CT molecular complexity index is 242. The highest BCUT2D eigenvalue weighted by Gasteiger charge is 2.00. The van der Waals surface area contributed by atoms with E-state index in [1.54, 1.807) is 0 Å². The molecule has 0 aliphatic rings. The molecule has 2 N–H and O–H groups in total. The first-order valence-electron chi connectivity index (χ1n) is 5.65. The third kappa shape index (κ3) is 4.93. The third-order valence-corrected chi connectivity index (χ3v) is 2.11. The lowest BCUT2D eigenvalue weighted by Gasteiger charge is -2.22. The molecule has 0 bridgehead atoms. The zero-order valence-corrected chi connectivity index (χ0v) is 9.66. The van der Waals surface area contributed by atoms with Gasteiger partial charge in [0, 0.05) is 19.6 Å². The number of nitrogens with one attached hydrogen (secondary N) is 2. The number of hydrogen-bond acceptors (Lipinski definition) is 3. The van der Waals surface area contributed by atoms with Crippen LogP contribution in [-0.2, 0) is 6.54 Å². The Morgan fingerprint density at radius 3 is 2.40 bits per heavy atom. The van der Waals surface area contributed by atoms with E-state index in [0.717, 1.165) is 26.1 Å². The number of hydrogen-bond donors (Lipinski definition) is 2. The van der Waals surface area contributed by atoms with Crippen molar-refractivity contribution in [2.75, 3.05) is 13.1 Å². The molecule has 0 fully saturated rings. The topological polar surface area (TPSA) is 27.3 Å². The molecular weight excluding hydrogens is 186 g/mol. The summed E-state index contributed by atoms with van der Waals surface area (Å²) in [6.45, 7) is 7.11.